The summed E-state index contributed by atoms with van der Waals surface area (Å²) in [4.78, 5) is 23.2. The molecule has 0 aliphatic carbocycles. The number of rotatable bonds is 19. The van der Waals surface area contributed by atoms with Crippen LogP contribution in [0.2, 0.25) is 0 Å². The molecule has 4 heteroatoms. The number of hydrogen-bond acceptors (Lipinski definition) is 4. The van der Waals surface area contributed by atoms with Gasteiger partial charge in [0.25, 0.3) is 0 Å². The quantitative estimate of drug-likeness (QED) is 0.196. The van der Waals surface area contributed by atoms with Gasteiger partial charge in [0.2, 0.25) is 0 Å². The van der Waals surface area contributed by atoms with Gasteiger partial charge in [0.1, 0.15) is 0 Å². The zero-order chi connectivity index (χ0) is 19.3. The Balaban J connectivity index is 3.28. The third kappa shape index (κ3) is 19.3. The molecular formula is C22H42O4. The predicted molar refractivity (Wildman–Crippen MR) is 107 cm³/mol. The van der Waals surface area contributed by atoms with Gasteiger partial charge in [-0.1, -0.05) is 78.1 Å². The zero-order valence-corrected chi connectivity index (χ0v) is 17.4. The molecule has 0 aromatic carbocycles. The summed E-state index contributed by atoms with van der Waals surface area (Å²) in [6, 6.07) is 0. The van der Waals surface area contributed by atoms with Crippen molar-refractivity contribution >= 4 is 11.9 Å². The van der Waals surface area contributed by atoms with E-state index in [-0.39, 0.29) is 11.9 Å². The fourth-order valence-corrected chi connectivity index (χ4v) is 2.82. The standard InChI is InChI=1S/C22H42O4/c1-3-5-7-9-11-13-17-21(23)25-19-15-16-20-26-22(24)18-14-12-10-8-6-4-2/h3-20H2,1-2H3. The minimum absolute atomic E-state index is 0.0967. The van der Waals surface area contributed by atoms with Crippen LogP contribution < -0.4 is 0 Å². The van der Waals surface area contributed by atoms with Gasteiger partial charge in [-0.3, -0.25) is 9.59 Å². The highest BCUT2D eigenvalue weighted by Crippen LogP contribution is 2.09. The van der Waals surface area contributed by atoms with Crippen molar-refractivity contribution in [3.63, 3.8) is 0 Å². The molecule has 0 radical (unpaired) electrons. The van der Waals surface area contributed by atoms with Crippen LogP contribution in [0.4, 0.5) is 0 Å². The monoisotopic (exact) mass is 370 g/mol. The molecule has 0 saturated carbocycles. The zero-order valence-electron chi connectivity index (χ0n) is 17.4. The molecule has 0 aromatic rings. The van der Waals surface area contributed by atoms with Gasteiger partial charge in [0, 0.05) is 12.8 Å². The molecule has 0 spiro atoms. The number of carbonyl (C=O) groups is 2. The van der Waals surface area contributed by atoms with Crippen molar-refractivity contribution in [3.05, 3.63) is 0 Å². The van der Waals surface area contributed by atoms with Crippen LogP contribution in [-0.4, -0.2) is 25.2 Å². The summed E-state index contributed by atoms with van der Waals surface area (Å²) in [5.41, 5.74) is 0. The van der Waals surface area contributed by atoms with Crippen LogP contribution in [-0.2, 0) is 19.1 Å². The highest BCUT2D eigenvalue weighted by molar-refractivity contribution is 5.69. The van der Waals surface area contributed by atoms with Crippen LogP contribution in [0, 0.1) is 0 Å². The van der Waals surface area contributed by atoms with E-state index in [9.17, 15) is 9.59 Å². The molecular weight excluding hydrogens is 328 g/mol. The largest absolute Gasteiger partial charge is 0.466 e. The van der Waals surface area contributed by atoms with Crippen molar-refractivity contribution in [3.8, 4) is 0 Å². The van der Waals surface area contributed by atoms with Gasteiger partial charge in [-0.15, -0.1) is 0 Å². The maximum Gasteiger partial charge on any atom is 0.305 e. The second-order valence-electron chi connectivity index (χ2n) is 7.18. The van der Waals surface area contributed by atoms with Crippen molar-refractivity contribution in [1.29, 1.82) is 0 Å². The highest BCUT2D eigenvalue weighted by atomic mass is 16.5. The molecule has 4 nitrogen and oxygen atoms in total. The van der Waals surface area contributed by atoms with E-state index in [0.717, 1.165) is 38.5 Å². The lowest BCUT2D eigenvalue weighted by atomic mass is 10.1. The van der Waals surface area contributed by atoms with Crippen LogP contribution in [0.3, 0.4) is 0 Å². The lowest BCUT2D eigenvalue weighted by Crippen LogP contribution is -2.08. The van der Waals surface area contributed by atoms with E-state index in [1.165, 1.54) is 51.4 Å². The van der Waals surface area contributed by atoms with Crippen LogP contribution in [0.25, 0.3) is 0 Å². The van der Waals surface area contributed by atoms with E-state index < -0.39 is 0 Å². The first-order valence-electron chi connectivity index (χ1n) is 11.0. The number of hydrogen-bond donors (Lipinski definition) is 0. The van der Waals surface area contributed by atoms with Gasteiger partial charge in [0.05, 0.1) is 13.2 Å². The van der Waals surface area contributed by atoms with Gasteiger partial charge >= 0.3 is 11.9 Å². The van der Waals surface area contributed by atoms with Crippen LogP contribution >= 0.6 is 0 Å². The first-order valence-corrected chi connectivity index (χ1v) is 11.0. The molecule has 0 aromatic heterocycles. The predicted octanol–water partition coefficient (Wildman–Crippen LogP) is 6.35. The lowest BCUT2D eigenvalue weighted by molar-refractivity contribution is -0.146. The summed E-state index contributed by atoms with van der Waals surface area (Å²) in [5.74, 6) is -0.193. The highest BCUT2D eigenvalue weighted by Gasteiger charge is 2.04. The second-order valence-corrected chi connectivity index (χ2v) is 7.18. The normalized spacial score (nSPS) is 10.7. The number of carbonyl (C=O) groups excluding carboxylic acids is 2. The van der Waals surface area contributed by atoms with E-state index in [2.05, 4.69) is 13.8 Å². The van der Waals surface area contributed by atoms with E-state index in [4.69, 9.17) is 9.47 Å². The summed E-state index contributed by atoms with van der Waals surface area (Å²) in [7, 11) is 0. The minimum Gasteiger partial charge on any atom is -0.466 e. The topological polar surface area (TPSA) is 52.6 Å². The molecule has 154 valence electrons. The summed E-state index contributed by atoms with van der Waals surface area (Å²) in [5, 5.41) is 0. The van der Waals surface area contributed by atoms with Crippen LogP contribution in [0.15, 0.2) is 0 Å². The molecule has 0 bridgehead atoms. The molecule has 0 amide bonds. The second kappa shape index (κ2) is 20.3. The lowest BCUT2D eigenvalue weighted by Gasteiger charge is -2.06. The SMILES string of the molecule is CCCCCCCCC(=O)OCCCCOC(=O)CCCCCCCC. The Kier molecular flexibility index (Phi) is 19.4. The van der Waals surface area contributed by atoms with E-state index >= 15 is 0 Å². The van der Waals surface area contributed by atoms with E-state index in [1.54, 1.807) is 0 Å². The van der Waals surface area contributed by atoms with E-state index in [0.29, 0.717) is 26.1 Å². The van der Waals surface area contributed by atoms with Gasteiger partial charge < -0.3 is 9.47 Å². The summed E-state index contributed by atoms with van der Waals surface area (Å²) in [6.07, 6.45) is 16.7. The number of unbranched alkanes of at least 4 members (excludes halogenated alkanes) is 11. The molecule has 0 saturated heterocycles. The Morgan fingerprint density at radius 3 is 1.23 bits per heavy atom. The van der Waals surface area contributed by atoms with Crippen LogP contribution in [0.1, 0.15) is 117 Å². The van der Waals surface area contributed by atoms with Gasteiger partial charge in [0.15, 0.2) is 0 Å². The van der Waals surface area contributed by atoms with Crippen molar-refractivity contribution in [2.45, 2.75) is 117 Å². The average molecular weight is 371 g/mol. The molecule has 26 heavy (non-hydrogen) atoms. The minimum atomic E-state index is -0.0967. The Bertz CT molecular complexity index is 296. The Hall–Kier alpha value is -1.06. The Morgan fingerprint density at radius 2 is 0.846 bits per heavy atom. The maximum absolute atomic E-state index is 11.6. The van der Waals surface area contributed by atoms with Crippen LogP contribution in [0.5, 0.6) is 0 Å². The van der Waals surface area contributed by atoms with E-state index in [1.807, 2.05) is 0 Å². The summed E-state index contributed by atoms with van der Waals surface area (Å²) >= 11 is 0. The van der Waals surface area contributed by atoms with Crippen molar-refractivity contribution in [2.75, 3.05) is 13.2 Å². The molecule has 0 fully saturated rings. The summed E-state index contributed by atoms with van der Waals surface area (Å²) in [6.45, 7) is 5.27. The smallest absolute Gasteiger partial charge is 0.305 e. The fourth-order valence-electron chi connectivity index (χ4n) is 2.82. The first kappa shape index (κ1) is 24.9. The first-order chi connectivity index (χ1) is 12.7. The van der Waals surface area contributed by atoms with Crippen molar-refractivity contribution in [1.82, 2.24) is 0 Å². The third-order valence-corrected chi connectivity index (χ3v) is 4.53. The van der Waals surface area contributed by atoms with Gasteiger partial charge in [-0.05, 0) is 25.7 Å². The maximum atomic E-state index is 11.6. The molecule has 0 aliphatic rings. The summed E-state index contributed by atoms with van der Waals surface area (Å²) < 4.78 is 10.4. The molecule has 0 aliphatic heterocycles. The molecule has 0 heterocycles. The van der Waals surface area contributed by atoms with Gasteiger partial charge in [-0.25, -0.2) is 0 Å². The average Bonchev–Trinajstić information content (AvgIpc) is 2.63. The Labute approximate surface area is 161 Å². The van der Waals surface area contributed by atoms with Crippen molar-refractivity contribution < 1.29 is 19.1 Å². The van der Waals surface area contributed by atoms with Crippen molar-refractivity contribution in [2.24, 2.45) is 0 Å². The fraction of sp³-hybridized carbons (Fsp3) is 0.909. The molecule has 0 unspecified atom stereocenters. The van der Waals surface area contributed by atoms with Gasteiger partial charge in [-0.2, -0.15) is 0 Å². The third-order valence-electron chi connectivity index (χ3n) is 4.53. The number of ether oxygens (including phenoxy) is 2. The molecule has 0 rings (SSSR count). The molecule has 0 N–H and O–H groups in total. The number of esters is 2. The molecule has 0 atom stereocenters. The Morgan fingerprint density at radius 1 is 0.500 bits per heavy atom.